The first-order chi connectivity index (χ1) is 7.15. The van der Waals surface area contributed by atoms with Gasteiger partial charge in [0.15, 0.2) is 11.6 Å². The van der Waals surface area contributed by atoms with Crippen LogP contribution in [0.2, 0.25) is 0 Å². The van der Waals surface area contributed by atoms with Gasteiger partial charge in [-0.25, -0.2) is 0 Å². The van der Waals surface area contributed by atoms with Crippen molar-refractivity contribution in [2.75, 3.05) is 14.1 Å². The molecule has 1 aromatic carbocycles. The van der Waals surface area contributed by atoms with E-state index in [-0.39, 0.29) is 5.78 Å². The van der Waals surface area contributed by atoms with E-state index in [9.17, 15) is 4.79 Å². The van der Waals surface area contributed by atoms with Gasteiger partial charge in [-0.1, -0.05) is 30.3 Å². The molecule has 0 atom stereocenters. The van der Waals surface area contributed by atoms with Crippen LogP contribution in [0.25, 0.3) is 0 Å². The summed E-state index contributed by atoms with van der Waals surface area (Å²) in [7, 11) is 3.51. The minimum atomic E-state index is -0.00377. The van der Waals surface area contributed by atoms with E-state index in [2.05, 4.69) is 4.99 Å². The first-order valence-electron chi connectivity index (χ1n) is 4.88. The van der Waals surface area contributed by atoms with Gasteiger partial charge in [0.05, 0.1) is 0 Å². The second-order valence-electron chi connectivity index (χ2n) is 3.45. The van der Waals surface area contributed by atoms with Crippen molar-refractivity contribution in [1.82, 2.24) is 4.90 Å². The van der Waals surface area contributed by atoms with Crippen molar-refractivity contribution in [2.24, 2.45) is 4.99 Å². The van der Waals surface area contributed by atoms with Crippen LogP contribution < -0.4 is 0 Å². The van der Waals surface area contributed by atoms with Crippen LogP contribution in [-0.4, -0.2) is 30.6 Å². The molecule has 0 fully saturated rings. The van der Waals surface area contributed by atoms with Gasteiger partial charge in [-0.05, 0) is 5.56 Å². The molecule has 0 saturated carbocycles. The topological polar surface area (TPSA) is 32.7 Å². The van der Waals surface area contributed by atoms with Crippen LogP contribution in [0.5, 0.6) is 0 Å². The van der Waals surface area contributed by atoms with Crippen molar-refractivity contribution < 1.29 is 4.79 Å². The number of likely N-dealkylation sites (N-methyl/N-ethyl adjacent to an activating group) is 1. The molecular weight excluding hydrogens is 188 g/mol. The van der Waals surface area contributed by atoms with Crippen molar-refractivity contribution in [3.05, 3.63) is 35.9 Å². The number of nitrogens with zero attached hydrogens (tertiary/aromatic N) is 2. The maximum absolute atomic E-state index is 11.2. The standard InChI is InChI=1S/C12H16N2O/c1-10(15)12(13-2)14(3)9-11-7-5-4-6-8-11/h4-8H,9H2,1-3H3. The van der Waals surface area contributed by atoms with E-state index in [0.29, 0.717) is 12.4 Å². The Labute approximate surface area is 90.4 Å². The summed E-state index contributed by atoms with van der Waals surface area (Å²) in [5, 5.41) is 0. The minimum absolute atomic E-state index is 0.00377. The monoisotopic (exact) mass is 204 g/mol. The Balaban J connectivity index is 2.71. The number of aliphatic imine (C=N–C) groups is 1. The quantitative estimate of drug-likeness (QED) is 0.555. The van der Waals surface area contributed by atoms with Crippen molar-refractivity contribution in [1.29, 1.82) is 0 Å². The lowest BCUT2D eigenvalue weighted by Gasteiger charge is -2.18. The number of carbonyl (C=O) groups excluding carboxylic acids is 1. The maximum atomic E-state index is 11.2. The number of Topliss-reactive ketones (excluding diaryl/α,β-unsaturated/α-hetero) is 1. The van der Waals surface area contributed by atoms with Crippen molar-refractivity contribution in [3.63, 3.8) is 0 Å². The van der Waals surface area contributed by atoms with Crippen LogP contribution in [0.4, 0.5) is 0 Å². The third kappa shape index (κ3) is 3.20. The van der Waals surface area contributed by atoms with Gasteiger partial charge in [0, 0.05) is 27.6 Å². The Morgan fingerprint density at radius 2 is 1.93 bits per heavy atom. The molecule has 3 nitrogen and oxygen atoms in total. The molecule has 0 aliphatic heterocycles. The highest BCUT2D eigenvalue weighted by Crippen LogP contribution is 2.03. The molecule has 1 rings (SSSR count). The SMILES string of the molecule is CN=C(C(C)=O)N(C)Cc1ccccc1. The zero-order chi connectivity index (χ0) is 11.3. The van der Waals surface area contributed by atoms with Gasteiger partial charge in [0.25, 0.3) is 0 Å². The van der Waals surface area contributed by atoms with Gasteiger partial charge in [-0.15, -0.1) is 0 Å². The Morgan fingerprint density at radius 1 is 1.33 bits per heavy atom. The van der Waals surface area contributed by atoms with E-state index in [1.54, 1.807) is 7.05 Å². The minimum Gasteiger partial charge on any atom is -0.353 e. The Hall–Kier alpha value is -1.64. The molecule has 80 valence electrons. The number of ketones is 1. The lowest BCUT2D eigenvalue weighted by Crippen LogP contribution is -2.31. The van der Waals surface area contributed by atoms with Crippen LogP contribution in [-0.2, 0) is 11.3 Å². The Bertz CT molecular complexity index is 357. The number of hydrogen-bond donors (Lipinski definition) is 0. The molecule has 0 bridgehead atoms. The molecule has 0 unspecified atom stereocenters. The average molecular weight is 204 g/mol. The molecule has 15 heavy (non-hydrogen) atoms. The fourth-order valence-corrected chi connectivity index (χ4v) is 1.53. The average Bonchev–Trinajstić information content (AvgIpc) is 2.19. The summed E-state index contributed by atoms with van der Waals surface area (Å²) < 4.78 is 0. The highest BCUT2D eigenvalue weighted by Gasteiger charge is 2.10. The first kappa shape index (κ1) is 11.4. The van der Waals surface area contributed by atoms with Crippen molar-refractivity contribution in [3.8, 4) is 0 Å². The summed E-state index contributed by atoms with van der Waals surface area (Å²) >= 11 is 0. The zero-order valence-corrected chi connectivity index (χ0v) is 9.40. The summed E-state index contributed by atoms with van der Waals surface area (Å²) in [6.45, 7) is 2.23. The van der Waals surface area contributed by atoms with Gasteiger partial charge < -0.3 is 4.90 Å². The normalized spacial score (nSPS) is 11.3. The fraction of sp³-hybridized carbons (Fsp3) is 0.333. The second-order valence-corrected chi connectivity index (χ2v) is 3.45. The molecule has 0 aliphatic rings. The second kappa shape index (κ2) is 5.29. The van der Waals surface area contributed by atoms with Crippen LogP contribution in [0, 0.1) is 0 Å². The van der Waals surface area contributed by atoms with E-state index in [1.165, 1.54) is 12.5 Å². The van der Waals surface area contributed by atoms with E-state index >= 15 is 0 Å². The van der Waals surface area contributed by atoms with Gasteiger partial charge in [-0.3, -0.25) is 9.79 Å². The molecule has 0 aromatic heterocycles. The molecule has 0 aliphatic carbocycles. The third-order valence-corrected chi connectivity index (χ3v) is 2.15. The van der Waals surface area contributed by atoms with Gasteiger partial charge in [0.1, 0.15) is 0 Å². The van der Waals surface area contributed by atoms with Gasteiger partial charge >= 0.3 is 0 Å². The van der Waals surface area contributed by atoms with E-state index in [4.69, 9.17) is 0 Å². The zero-order valence-electron chi connectivity index (χ0n) is 9.40. The van der Waals surface area contributed by atoms with Crippen LogP contribution in [0.15, 0.2) is 35.3 Å². The van der Waals surface area contributed by atoms with Crippen LogP contribution in [0.1, 0.15) is 12.5 Å². The molecule has 0 N–H and O–H groups in total. The highest BCUT2D eigenvalue weighted by atomic mass is 16.1. The van der Waals surface area contributed by atoms with Crippen molar-refractivity contribution in [2.45, 2.75) is 13.5 Å². The smallest absolute Gasteiger partial charge is 0.194 e. The van der Waals surface area contributed by atoms with E-state index < -0.39 is 0 Å². The summed E-state index contributed by atoms with van der Waals surface area (Å²) in [4.78, 5) is 17.1. The number of carbonyl (C=O) groups is 1. The molecule has 0 radical (unpaired) electrons. The molecule has 0 saturated heterocycles. The molecule has 0 heterocycles. The van der Waals surface area contributed by atoms with Crippen LogP contribution in [0.3, 0.4) is 0 Å². The lowest BCUT2D eigenvalue weighted by molar-refractivity contribution is -0.111. The Morgan fingerprint density at radius 3 is 2.40 bits per heavy atom. The summed E-state index contributed by atoms with van der Waals surface area (Å²) in [5.74, 6) is 0.509. The molecule has 0 amide bonds. The molecule has 0 spiro atoms. The number of rotatable bonds is 3. The van der Waals surface area contributed by atoms with Crippen LogP contribution >= 0.6 is 0 Å². The molecule has 3 heteroatoms. The summed E-state index contributed by atoms with van der Waals surface area (Å²) in [5.41, 5.74) is 1.17. The molecular formula is C12H16N2O. The Kier molecular flexibility index (Phi) is 4.03. The predicted octanol–water partition coefficient (Wildman–Crippen LogP) is 1.74. The highest BCUT2D eigenvalue weighted by molar-refractivity contribution is 6.37. The molecule has 1 aromatic rings. The predicted molar refractivity (Wildman–Crippen MR) is 61.9 cm³/mol. The number of amidine groups is 1. The summed E-state index contributed by atoms with van der Waals surface area (Å²) in [6.07, 6.45) is 0. The lowest BCUT2D eigenvalue weighted by atomic mass is 10.2. The maximum Gasteiger partial charge on any atom is 0.194 e. The van der Waals surface area contributed by atoms with E-state index in [1.807, 2.05) is 42.3 Å². The van der Waals surface area contributed by atoms with Crippen molar-refractivity contribution >= 4 is 11.6 Å². The fourth-order valence-electron chi connectivity index (χ4n) is 1.53. The third-order valence-electron chi connectivity index (χ3n) is 2.15. The van der Waals surface area contributed by atoms with E-state index in [0.717, 1.165) is 0 Å². The first-order valence-corrected chi connectivity index (χ1v) is 4.88. The number of benzene rings is 1. The van der Waals surface area contributed by atoms with Gasteiger partial charge in [0.2, 0.25) is 0 Å². The largest absolute Gasteiger partial charge is 0.353 e. The van der Waals surface area contributed by atoms with Gasteiger partial charge in [-0.2, -0.15) is 0 Å². The number of hydrogen-bond acceptors (Lipinski definition) is 2. The summed E-state index contributed by atoms with van der Waals surface area (Å²) in [6, 6.07) is 10.0.